The van der Waals surface area contributed by atoms with Crippen molar-refractivity contribution >= 4 is 45.8 Å². The molecular weight excluding hydrogens is 464 g/mol. The largest absolute Gasteiger partial charge is 0.423 e. The number of nitrogens with zero attached hydrogens (tertiary/aromatic N) is 1. The molecule has 3 aromatic carbocycles. The molecule has 0 bridgehead atoms. The molecule has 30 heavy (non-hydrogen) atoms. The average Bonchev–Trinajstić information content (AvgIpc) is 2.76. The number of thioether (sulfide) groups is 1. The van der Waals surface area contributed by atoms with Gasteiger partial charge in [0.1, 0.15) is 5.75 Å². The fourth-order valence-electron chi connectivity index (χ4n) is 2.46. The van der Waals surface area contributed by atoms with E-state index in [1.807, 2.05) is 30.3 Å². The molecule has 0 aliphatic rings. The summed E-state index contributed by atoms with van der Waals surface area (Å²) in [5.74, 6) is 0.927. The van der Waals surface area contributed by atoms with Gasteiger partial charge in [0, 0.05) is 10.2 Å². The van der Waals surface area contributed by atoms with Crippen LogP contribution in [0.1, 0.15) is 21.5 Å². The van der Waals surface area contributed by atoms with Gasteiger partial charge in [-0.15, -0.1) is 11.8 Å². The highest BCUT2D eigenvalue weighted by atomic mass is 79.9. The van der Waals surface area contributed by atoms with Gasteiger partial charge in [0.2, 0.25) is 5.91 Å². The van der Waals surface area contributed by atoms with E-state index in [2.05, 4.69) is 26.5 Å². The number of carbonyl (C=O) groups excluding carboxylic acids is 2. The molecule has 0 atom stereocenters. The van der Waals surface area contributed by atoms with Crippen LogP contribution in [0.3, 0.4) is 0 Å². The number of rotatable bonds is 8. The van der Waals surface area contributed by atoms with Crippen molar-refractivity contribution in [1.29, 1.82) is 0 Å². The van der Waals surface area contributed by atoms with Gasteiger partial charge in [-0.05, 0) is 59.7 Å². The molecule has 0 heterocycles. The van der Waals surface area contributed by atoms with Crippen LogP contribution < -0.4 is 10.2 Å². The zero-order valence-corrected chi connectivity index (χ0v) is 18.4. The predicted octanol–water partition coefficient (Wildman–Crippen LogP) is 5.05. The Kier molecular flexibility index (Phi) is 8.23. The van der Waals surface area contributed by atoms with Crippen molar-refractivity contribution in [3.05, 3.63) is 100 Å². The Morgan fingerprint density at radius 1 is 1.00 bits per heavy atom. The number of halogens is 1. The van der Waals surface area contributed by atoms with E-state index in [0.717, 1.165) is 21.4 Å². The Morgan fingerprint density at radius 3 is 2.50 bits per heavy atom. The molecule has 3 aromatic rings. The summed E-state index contributed by atoms with van der Waals surface area (Å²) in [5.41, 5.74) is 4.93. The zero-order valence-electron chi connectivity index (χ0n) is 16.0. The van der Waals surface area contributed by atoms with Crippen LogP contribution in [0, 0.1) is 0 Å². The summed E-state index contributed by atoms with van der Waals surface area (Å²) < 4.78 is 6.35. The third-order valence-corrected chi connectivity index (χ3v) is 5.39. The Hall–Kier alpha value is -2.90. The van der Waals surface area contributed by atoms with E-state index in [-0.39, 0.29) is 5.91 Å². The molecule has 5 nitrogen and oxygen atoms in total. The minimum Gasteiger partial charge on any atom is -0.423 e. The summed E-state index contributed by atoms with van der Waals surface area (Å²) in [6, 6.07) is 23.7. The molecular formula is C23H19BrN2O3S. The second-order valence-corrected chi connectivity index (χ2v) is 8.14. The molecule has 3 rings (SSSR count). The Balaban J connectivity index is 1.41. The van der Waals surface area contributed by atoms with E-state index in [1.54, 1.807) is 54.7 Å². The second-order valence-electron chi connectivity index (χ2n) is 6.24. The minimum atomic E-state index is -0.412. The smallest absolute Gasteiger partial charge is 0.343 e. The van der Waals surface area contributed by atoms with Gasteiger partial charge in [0.05, 0.1) is 17.5 Å². The number of hydrazone groups is 1. The van der Waals surface area contributed by atoms with E-state index in [0.29, 0.717) is 17.1 Å². The molecule has 0 fully saturated rings. The molecule has 0 unspecified atom stereocenters. The fraction of sp³-hybridized carbons (Fsp3) is 0.0870. The number of amides is 1. The van der Waals surface area contributed by atoms with Gasteiger partial charge in [0.25, 0.3) is 0 Å². The van der Waals surface area contributed by atoms with Crippen molar-refractivity contribution in [1.82, 2.24) is 5.43 Å². The monoisotopic (exact) mass is 482 g/mol. The first kappa shape index (κ1) is 21.8. The lowest BCUT2D eigenvalue weighted by molar-refractivity contribution is -0.118. The standard InChI is InChI=1S/C23H19BrN2O3S/c24-20-8-4-5-18(13-20)15-30-16-22(27)26-25-14-17-9-11-21(12-10-17)29-23(28)19-6-2-1-3-7-19/h1-14H,15-16H2,(H,26,27)/b25-14-. The van der Waals surface area contributed by atoms with Crippen LogP contribution in [0.2, 0.25) is 0 Å². The van der Waals surface area contributed by atoms with Gasteiger partial charge in [-0.25, -0.2) is 10.2 Å². The first-order chi connectivity index (χ1) is 14.6. The van der Waals surface area contributed by atoms with E-state index in [9.17, 15) is 9.59 Å². The molecule has 1 amide bonds. The van der Waals surface area contributed by atoms with Crippen LogP contribution in [-0.4, -0.2) is 23.8 Å². The van der Waals surface area contributed by atoms with E-state index >= 15 is 0 Å². The number of esters is 1. The normalized spacial score (nSPS) is 10.7. The second kappa shape index (κ2) is 11.3. The van der Waals surface area contributed by atoms with Crippen molar-refractivity contribution in [3.63, 3.8) is 0 Å². The molecule has 1 N–H and O–H groups in total. The number of carbonyl (C=O) groups is 2. The number of benzene rings is 3. The number of hydrogen-bond donors (Lipinski definition) is 1. The molecule has 0 saturated heterocycles. The lowest BCUT2D eigenvalue weighted by Crippen LogP contribution is -2.19. The van der Waals surface area contributed by atoms with Crippen LogP contribution in [-0.2, 0) is 10.5 Å². The first-order valence-electron chi connectivity index (χ1n) is 9.11. The molecule has 0 aliphatic carbocycles. The first-order valence-corrected chi connectivity index (χ1v) is 11.1. The SMILES string of the molecule is O=C(CSCc1cccc(Br)c1)N/N=C\c1ccc(OC(=O)c2ccccc2)cc1. The zero-order chi connectivity index (χ0) is 21.2. The summed E-state index contributed by atoms with van der Waals surface area (Å²) in [5, 5.41) is 3.97. The lowest BCUT2D eigenvalue weighted by atomic mass is 10.2. The maximum Gasteiger partial charge on any atom is 0.343 e. The van der Waals surface area contributed by atoms with Gasteiger partial charge >= 0.3 is 5.97 Å². The number of nitrogens with one attached hydrogen (secondary N) is 1. The highest BCUT2D eigenvalue weighted by Gasteiger charge is 2.07. The molecule has 0 spiro atoms. The van der Waals surface area contributed by atoms with Gasteiger partial charge in [-0.1, -0.05) is 46.3 Å². The number of ether oxygens (including phenoxy) is 1. The van der Waals surface area contributed by atoms with Crippen molar-refractivity contribution in [2.45, 2.75) is 5.75 Å². The third-order valence-electron chi connectivity index (χ3n) is 3.89. The van der Waals surface area contributed by atoms with Gasteiger partial charge in [0.15, 0.2) is 0 Å². The predicted molar refractivity (Wildman–Crippen MR) is 124 cm³/mol. The van der Waals surface area contributed by atoms with E-state index in [1.165, 1.54) is 11.8 Å². The Morgan fingerprint density at radius 2 is 1.77 bits per heavy atom. The van der Waals surface area contributed by atoms with Crippen molar-refractivity contribution in [2.24, 2.45) is 5.10 Å². The topological polar surface area (TPSA) is 67.8 Å². The Bertz CT molecular complexity index is 1020. The molecule has 0 aromatic heterocycles. The summed E-state index contributed by atoms with van der Waals surface area (Å²) >= 11 is 4.95. The molecule has 7 heteroatoms. The van der Waals surface area contributed by atoms with Crippen molar-refractivity contribution in [2.75, 3.05) is 5.75 Å². The van der Waals surface area contributed by atoms with Crippen LogP contribution >= 0.6 is 27.7 Å². The summed E-state index contributed by atoms with van der Waals surface area (Å²) in [6.07, 6.45) is 1.54. The van der Waals surface area contributed by atoms with Crippen molar-refractivity contribution in [3.8, 4) is 5.75 Å². The number of hydrogen-bond acceptors (Lipinski definition) is 5. The maximum atomic E-state index is 12.0. The van der Waals surface area contributed by atoms with Crippen LogP contribution in [0.5, 0.6) is 5.75 Å². The molecule has 152 valence electrons. The summed E-state index contributed by atoms with van der Waals surface area (Å²) in [7, 11) is 0. The lowest BCUT2D eigenvalue weighted by Gasteiger charge is -2.04. The molecule has 0 saturated carbocycles. The van der Waals surface area contributed by atoms with Gasteiger partial charge < -0.3 is 4.74 Å². The highest BCUT2D eigenvalue weighted by Crippen LogP contribution is 2.17. The molecule has 0 aliphatic heterocycles. The highest BCUT2D eigenvalue weighted by molar-refractivity contribution is 9.10. The summed E-state index contributed by atoms with van der Waals surface area (Å²) in [4.78, 5) is 23.9. The van der Waals surface area contributed by atoms with Crippen LogP contribution in [0.25, 0.3) is 0 Å². The maximum absolute atomic E-state index is 12.0. The van der Waals surface area contributed by atoms with Gasteiger partial charge in [-0.3, -0.25) is 4.79 Å². The quantitative estimate of drug-likeness (QED) is 0.211. The third kappa shape index (κ3) is 7.17. The summed E-state index contributed by atoms with van der Waals surface area (Å²) in [6.45, 7) is 0. The Labute approximate surface area is 187 Å². The van der Waals surface area contributed by atoms with Gasteiger partial charge in [-0.2, -0.15) is 5.10 Å². The van der Waals surface area contributed by atoms with E-state index in [4.69, 9.17) is 4.74 Å². The average molecular weight is 483 g/mol. The van der Waals surface area contributed by atoms with Crippen molar-refractivity contribution < 1.29 is 14.3 Å². The minimum absolute atomic E-state index is 0.167. The fourth-order valence-corrected chi connectivity index (χ4v) is 3.68. The van der Waals surface area contributed by atoms with Crippen LogP contribution in [0.15, 0.2) is 88.4 Å². The van der Waals surface area contributed by atoms with Crippen LogP contribution in [0.4, 0.5) is 0 Å². The molecule has 0 radical (unpaired) electrons. The van der Waals surface area contributed by atoms with E-state index < -0.39 is 5.97 Å².